The summed E-state index contributed by atoms with van der Waals surface area (Å²) < 4.78 is 16.3. The van der Waals surface area contributed by atoms with Gasteiger partial charge in [-0.3, -0.25) is 14.4 Å². The van der Waals surface area contributed by atoms with Gasteiger partial charge >= 0.3 is 11.9 Å². The highest BCUT2D eigenvalue weighted by atomic mass is 16.5. The van der Waals surface area contributed by atoms with Crippen LogP contribution in [0, 0.1) is 11.8 Å². The van der Waals surface area contributed by atoms with Crippen molar-refractivity contribution in [3.05, 3.63) is 95.6 Å². The van der Waals surface area contributed by atoms with Gasteiger partial charge in [0.05, 0.1) is 18.6 Å². The van der Waals surface area contributed by atoms with E-state index in [0.29, 0.717) is 5.56 Å². The second-order valence-electron chi connectivity index (χ2n) is 9.60. The number of rotatable bonds is 8. The lowest BCUT2D eigenvalue weighted by atomic mass is 9.61. The van der Waals surface area contributed by atoms with E-state index >= 15 is 0 Å². The zero-order chi connectivity index (χ0) is 27.3. The highest BCUT2D eigenvalue weighted by Gasteiger charge is 2.57. The fourth-order valence-electron chi connectivity index (χ4n) is 4.95. The number of carbonyl (C=O) groups excluding carboxylic acids is 3. The Morgan fingerprint density at radius 2 is 1.45 bits per heavy atom. The van der Waals surface area contributed by atoms with Gasteiger partial charge in [-0.1, -0.05) is 66.7 Å². The molecular weight excluding hydrogens is 488 g/mol. The van der Waals surface area contributed by atoms with Crippen molar-refractivity contribution in [3.63, 3.8) is 0 Å². The second kappa shape index (κ2) is 11.5. The van der Waals surface area contributed by atoms with Crippen LogP contribution in [0.5, 0.6) is 11.5 Å². The number of ether oxygens (including phenoxy) is 3. The monoisotopic (exact) mass is 518 g/mol. The predicted molar refractivity (Wildman–Crippen MR) is 137 cm³/mol. The van der Waals surface area contributed by atoms with E-state index in [-0.39, 0.29) is 24.7 Å². The molecule has 0 heterocycles. The first-order valence-electron chi connectivity index (χ1n) is 12.2. The minimum absolute atomic E-state index is 0.0467. The van der Waals surface area contributed by atoms with Gasteiger partial charge in [-0.05, 0) is 35.7 Å². The number of benzene rings is 3. The van der Waals surface area contributed by atoms with E-state index in [0.717, 1.165) is 11.1 Å². The smallest absolute Gasteiger partial charge is 0.317 e. The van der Waals surface area contributed by atoms with E-state index in [1.54, 1.807) is 36.4 Å². The molecule has 1 saturated carbocycles. The number of Topliss-reactive ketones (excluding diaryl/α,β-unsaturated/α-hetero) is 1. The number of ketones is 1. The van der Waals surface area contributed by atoms with Gasteiger partial charge in [-0.15, -0.1) is 0 Å². The molecule has 3 aromatic rings. The van der Waals surface area contributed by atoms with Gasteiger partial charge in [0, 0.05) is 12.3 Å². The van der Waals surface area contributed by atoms with E-state index in [2.05, 4.69) is 0 Å². The van der Waals surface area contributed by atoms with Crippen LogP contribution in [0.15, 0.2) is 78.9 Å². The number of aromatic hydroxyl groups is 1. The van der Waals surface area contributed by atoms with Crippen LogP contribution in [0.25, 0.3) is 0 Å². The number of methoxy groups -OCH3 is 1. The molecule has 1 fully saturated rings. The molecule has 0 saturated heterocycles. The Balaban J connectivity index is 1.71. The zero-order valence-electron chi connectivity index (χ0n) is 21.2. The zero-order valence-corrected chi connectivity index (χ0v) is 21.2. The lowest BCUT2D eigenvalue weighted by molar-refractivity contribution is -0.174. The molecule has 4 rings (SSSR count). The standard InChI is InChI=1S/C30H30O8/c1-30(35)16-23(32)26(28(33)37-17-19-9-5-3-6-10-19)25(21-13-14-22(31)24(15-21)36-2)27(30)29(34)38-18-20-11-7-4-8-12-20/h3-15,25-27,31,35H,16-18H2,1-2H3/t25-,26-,27+,30-/m0/s1. The Kier molecular flexibility index (Phi) is 8.12. The van der Waals surface area contributed by atoms with Crippen LogP contribution >= 0.6 is 0 Å². The molecular formula is C30H30O8. The summed E-state index contributed by atoms with van der Waals surface area (Å²) in [6.45, 7) is 1.28. The first-order valence-corrected chi connectivity index (χ1v) is 12.2. The molecule has 0 radical (unpaired) electrons. The number of esters is 2. The van der Waals surface area contributed by atoms with Gasteiger partial charge < -0.3 is 24.4 Å². The van der Waals surface area contributed by atoms with Crippen molar-refractivity contribution >= 4 is 17.7 Å². The molecule has 1 aliphatic rings. The molecule has 8 nitrogen and oxygen atoms in total. The summed E-state index contributed by atoms with van der Waals surface area (Å²) in [7, 11) is 1.36. The molecule has 3 aromatic carbocycles. The van der Waals surface area contributed by atoms with E-state index < -0.39 is 47.5 Å². The van der Waals surface area contributed by atoms with Crippen LogP contribution < -0.4 is 4.74 Å². The van der Waals surface area contributed by atoms with Gasteiger partial charge in [-0.2, -0.15) is 0 Å². The van der Waals surface area contributed by atoms with Gasteiger partial charge in [0.1, 0.15) is 19.1 Å². The molecule has 0 spiro atoms. The maximum Gasteiger partial charge on any atom is 0.317 e. The third-order valence-electron chi connectivity index (χ3n) is 6.81. The summed E-state index contributed by atoms with van der Waals surface area (Å²) in [4.78, 5) is 40.2. The third-order valence-corrected chi connectivity index (χ3v) is 6.81. The Hall–Kier alpha value is -4.17. The van der Waals surface area contributed by atoms with Crippen molar-refractivity contribution in [1.29, 1.82) is 0 Å². The van der Waals surface area contributed by atoms with Crippen molar-refractivity contribution in [2.45, 2.75) is 38.1 Å². The van der Waals surface area contributed by atoms with Crippen LogP contribution in [-0.4, -0.2) is 40.6 Å². The fourth-order valence-corrected chi connectivity index (χ4v) is 4.95. The molecule has 2 N–H and O–H groups in total. The van der Waals surface area contributed by atoms with E-state index in [9.17, 15) is 24.6 Å². The van der Waals surface area contributed by atoms with Crippen molar-refractivity contribution in [2.24, 2.45) is 11.8 Å². The summed E-state index contributed by atoms with van der Waals surface area (Å²) in [6.07, 6.45) is -0.436. The Morgan fingerprint density at radius 1 is 0.895 bits per heavy atom. The van der Waals surface area contributed by atoms with Crippen molar-refractivity contribution in [2.75, 3.05) is 7.11 Å². The Morgan fingerprint density at radius 3 is 2.00 bits per heavy atom. The van der Waals surface area contributed by atoms with E-state index in [4.69, 9.17) is 14.2 Å². The summed E-state index contributed by atoms with van der Waals surface area (Å²) in [5, 5.41) is 21.5. The van der Waals surface area contributed by atoms with Crippen LogP contribution in [0.3, 0.4) is 0 Å². The molecule has 4 atom stereocenters. The van der Waals surface area contributed by atoms with Gasteiger partial charge in [0.2, 0.25) is 0 Å². The maximum absolute atomic E-state index is 13.5. The van der Waals surface area contributed by atoms with Crippen LogP contribution in [0.1, 0.15) is 36.0 Å². The quantitative estimate of drug-likeness (QED) is 0.340. The SMILES string of the molecule is COc1cc([C@H]2[C@@H](C(=O)OCc3ccccc3)C(=O)C[C@](C)(O)[C@H]2C(=O)OCc2ccccc2)ccc1O. The minimum Gasteiger partial charge on any atom is -0.504 e. The summed E-state index contributed by atoms with van der Waals surface area (Å²) >= 11 is 0. The van der Waals surface area contributed by atoms with Gasteiger partial charge in [0.25, 0.3) is 0 Å². The van der Waals surface area contributed by atoms with Crippen molar-refractivity contribution in [3.8, 4) is 11.5 Å². The Labute approximate surface area is 220 Å². The third kappa shape index (κ3) is 5.86. The molecule has 198 valence electrons. The predicted octanol–water partition coefficient (Wildman–Crippen LogP) is 3.93. The average molecular weight is 519 g/mol. The number of carbonyl (C=O) groups is 3. The molecule has 1 aliphatic carbocycles. The largest absolute Gasteiger partial charge is 0.504 e. The van der Waals surface area contributed by atoms with Crippen LogP contribution in [0.2, 0.25) is 0 Å². The summed E-state index contributed by atoms with van der Waals surface area (Å²) in [5.41, 5.74) is 0.0137. The molecule has 38 heavy (non-hydrogen) atoms. The number of hydrogen-bond acceptors (Lipinski definition) is 8. The van der Waals surface area contributed by atoms with E-state index in [1.165, 1.54) is 32.2 Å². The average Bonchev–Trinajstić information content (AvgIpc) is 2.91. The topological polar surface area (TPSA) is 119 Å². The molecule has 0 aromatic heterocycles. The first kappa shape index (κ1) is 26.9. The van der Waals surface area contributed by atoms with E-state index in [1.807, 2.05) is 24.3 Å². The molecule has 0 amide bonds. The highest BCUT2D eigenvalue weighted by molar-refractivity contribution is 6.02. The molecule has 0 aliphatic heterocycles. The minimum atomic E-state index is -1.81. The number of phenols is 1. The van der Waals surface area contributed by atoms with Gasteiger partial charge in [0.15, 0.2) is 17.3 Å². The van der Waals surface area contributed by atoms with Gasteiger partial charge in [-0.25, -0.2) is 0 Å². The Bertz CT molecular complexity index is 1290. The van der Waals surface area contributed by atoms with Crippen molar-refractivity contribution in [1.82, 2.24) is 0 Å². The fraction of sp³-hybridized carbons (Fsp3) is 0.300. The lowest BCUT2D eigenvalue weighted by Gasteiger charge is -2.43. The molecule has 8 heteroatoms. The van der Waals surface area contributed by atoms with Crippen LogP contribution in [-0.2, 0) is 37.1 Å². The normalized spacial score (nSPS) is 22.9. The lowest BCUT2D eigenvalue weighted by Crippen LogP contribution is -2.55. The molecule has 0 bridgehead atoms. The first-order chi connectivity index (χ1) is 18.2. The number of phenolic OH excluding ortho intramolecular Hbond substituents is 1. The second-order valence-corrected chi connectivity index (χ2v) is 9.60. The van der Waals surface area contributed by atoms with Crippen molar-refractivity contribution < 1.29 is 38.8 Å². The maximum atomic E-state index is 13.5. The molecule has 0 unspecified atom stereocenters. The summed E-state index contributed by atoms with van der Waals surface area (Å²) in [6, 6.07) is 22.3. The summed E-state index contributed by atoms with van der Waals surface area (Å²) in [5.74, 6) is -6.00. The highest BCUT2D eigenvalue weighted by Crippen LogP contribution is 2.48. The number of hydrogen-bond donors (Lipinski definition) is 2. The number of aliphatic hydroxyl groups is 1. The van der Waals surface area contributed by atoms with Crippen LogP contribution in [0.4, 0.5) is 0 Å².